The molecule has 0 amide bonds. The second kappa shape index (κ2) is 13.0. The summed E-state index contributed by atoms with van der Waals surface area (Å²) in [4.78, 5) is 2.41. The van der Waals surface area contributed by atoms with Crippen LogP contribution in [0.4, 0.5) is 17.1 Å². The lowest BCUT2D eigenvalue weighted by molar-refractivity contribution is 1.29. The minimum Gasteiger partial charge on any atom is -0.310 e. The van der Waals surface area contributed by atoms with E-state index in [9.17, 15) is 0 Å². The SMILES string of the molecule is c1ccc(-c2c(-c3ccccc3)c3cc(N(c4ccc(-c5cccc6ccccc56)cc4)c4ccc5ccccc5c4)ccc3c3ccccc23)cc1. The van der Waals surface area contributed by atoms with E-state index in [4.69, 9.17) is 0 Å². The van der Waals surface area contributed by atoms with Crippen molar-refractivity contribution in [1.29, 1.82) is 0 Å². The summed E-state index contributed by atoms with van der Waals surface area (Å²) in [6.45, 7) is 0. The standard InChI is InChI=1S/C52H35N/c1-3-16-39(17-4-1)51-49-24-12-11-23-47(49)48-33-32-44(35-50(48)52(51)40-18-5-2-6-19-40)53(43-31-26-36-14-7-8-20-41(36)34-43)42-29-27-38(28-30-42)46-25-13-21-37-15-9-10-22-45(37)46/h1-35H. The van der Waals surface area contributed by atoms with Gasteiger partial charge < -0.3 is 4.90 Å². The van der Waals surface area contributed by atoms with E-state index in [-0.39, 0.29) is 0 Å². The number of benzene rings is 10. The second-order valence-electron chi connectivity index (χ2n) is 13.7. The van der Waals surface area contributed by atoms with Gasteiger partial charge in [0.1, 0.15) is 0 Å². The van der Waals surface area contributed by atoms with Crippen molar-refractivity contribution >= 4 is 60.2 Å². The van der Waals surface area contributed by atoms with Crippen LogP contribution in [0.15, 0.2) is 212 Å². The number of fused-ring (bicyclic) bond motifs is 5. The third-order valence-corrected chi connectivity index (χ3v) is 10.6. The lowest BCUT2D eigenvalue weighted by Gasteiger charge is -2.27. The molecule has 0 aliphatic rings. The Hall–Kier alpha value is -6.96. The van der Waals surface area contributed by atoms with Crippen LogP contribution in [0.5, 0.6) is 0 Å². The molecule has 1 nitrogen and oxygen atoms in total. The molecule has 0 aliphatic heterocycles. The van der Waals surface area contributed by atoms with Gasteiger partial charge in [-0.2, -0.15) is 0 Å². The Morgan fingerprint density at radius 3 is 1.49 bits per heavy atom. The first-order valence-electron chi connectivity index (χ1n) is 18.3. The molecular formula is C52H35N. The zero-order valence-electron chi connectivity index (χ0n) is 29.2. The number of hydrogen-bond donors (Lipinski definition) is 0. The summed E-state index contributed by atoms with van der Waals surface area (Å²) in [6, 6.07) is 77.3. The fourth-order valence-corrected chi connectivity index (χ4v) is 8.16. The topological polar surface area (TPSA) is 3.24 Å². The first-order valence-corrected chi connectivity index (χ1v) is 18.3. The van der Waals surface area contributed by atoms with Crippen molar-refractivity contribution in [3.63, 3.8) is 0 Å². The van der Waals surface area contributed by atoms with Crippen LogP contribution < -0.4 is 4.90 Å². The molecule has 0 radical (unpaired) electrons. The van der Waals surface area contributed by atoms with Crippen LogP contribution in [0.3, 0.4) is 0 Å². The molecule has 0 heterocycles. The number of nitrogens with zero attached hydrogens (tertiary/aromatic N) is 1. The van der Waals surface area contributed by atoms with Crippen molar-refractivity contribution < 1.29 is 0 Å². The van der Waals surface area contributed by atoms with Crippen LogP contribution in [0.25, 0.3) is 76.5 Å². The summed E-state index contributed by atoms with van der Waals surface area (Å²) in [5.41, 5.74) is 10.7. The average Bonchev–Trinajstić information content (AvgIpc) is 3.24. The van der Waals surface area contributed by atoms with Gasteiger partial charge in [0.15, 0.2) is 0 Å². The minimum atomic E-state index is 1.11. The normalized spacial score (nSPS) is 11.4. The summed E-state index contributed by atoms with van der Waals surface area (Å²) in [5.74, 6) is 0. The smallest absolute Gasteiger partial charge is 0.0468 e. The van der Waals surface area contributed by atoms with Gasteiger partial charge in [-0.25, -0.2) is 0 Å². The van der Waals surface area contributed by atoms with Crippen LogP contribution in [-0.4, -0.2) is 0 Å². The molecule has 0 aromatic heterocycles. The second-order valence-corrected chi connectivity index (χ2v) is 13.7. The number of hydrogen-bond acceptors (Lipinski definition) is 1. The first kappa shape index (κ1) is 30.8. The maximum atomic E-state index is 2.41. The lowest BCUT2D eigenvalue weighted by atomic mass is 9.85. The van der Waals surface area contributed by atoms with Gasteiger partial charge in [0.05, 0.1) is 0 Å². The molecule has 10 rings (SSSR count). The van der Waals surface area contributed by atoms with Gasteiger partial charge in [0.2, 0.25) is 0 Å². The van der Waals surface area contributed by atoms with E-state index in [2.05, 4.69) is 217 Å². The van der Waals surface area contributed by atoms with Gasteiger partial charge in [-0.3, -0.25) is 0 Å². The van der Waals surface area contributed by atoms with Crippen molar-refractivity contribution in [2.45, 2.75) is 0 Å². The Morgan fingerprint density at radius 2 is 0.755 bits per heavy atom. The Bertz CT molecular complexity index is 2920. The predicted molar refractivity (Wildman–Crippen MR) is 227 cm³/mol. The molecule has 0 saturated heterocycles. The highest BCUT2D eigenvalue weighted by Crippen LogP contribution is 2.47. The Kier molecular flexibility index (Phi) is 7.55. The van der Waals surface area contributed by atoms with Crippen LogP contribution in [-0.2, 0) is 0 Å². The van der Waals surface area contributed by atoms with Gasteiger partial charge in [0.25, 0.3) is 0 Å². The molecule has 10 aromatic carbocycles. The molecule has 0 atom stereocenters. The third kappa shape index (κ3) is 5.42. The quantitative estimate of drug-likeness (QED) is 0.159. The number of rotatable bonds is 6. The maximum absolute atomic E-state index is 2.41. The summed E-state index contributed by atoms with van der Waals surface area (Å²) >= 11 is 0. The molecule has 248 valence electrons. The van der Waals surface area contributed by atoms with E-state index in [0.717, 1.165) is 17.1 Å². The highest BCUT2D eigenvalue weighted by molar-refractivity contribution is 6.22. The summed E-state index contributed by atoms with van der Waals surface area (Å²) in [7, 11) is 0. The Morgan fingerprint density at radius 1 is 0.245 bits per heavy atom. The van der Waals surface area contributed by atoms with E-state index >= 15 is 0 Å². The van der Waals surface area contributed by atoms with E-state index in [1.807, 2.05) is 0 Å². The molecule has 0 fully saturated rings. The van der Waals surface area contributed by atoms with Gasteiger partial charge in [-0.15, -0.1) is 0 Å². The van der Waals surface area contributed by atoms with Crippen molar-refractivity contribution in [2.75, 3.05) is 4.90 Å². The van der Waals surface area contributed by atoms with Crippen molar-refractivity contribution in [1.82, 2.24) is 0 Å². The fraction of sp³-hybridized carbons (Fsp3) is 0. The molecular weight excluding hydrogens is 639 g/mol. The van der Waals surface area contributed by atoms with Crippen LogP contribution in [0, 0.1) is 0 Å². The molecule has 0 saturated carbocycles. The van der Waals surface area contributed by atoms with E-state index < -0.39 is 0 Å². The average molecular weight is 674 g/mol. The van der Waals surface area contributed by atoms with Crippen molar-refractivity contribution in [3.05, 3.63) is 212 Å². The van der Waals surface area contributed by atoms with Crippen molar-refractivity contribution in [3.8, 4) is 33.4 Å². The maximum Gasteiger partial charge on any atom is 0.0468 e. The van der Waals surface area contributed by atoms with E-state index in [1.54, 1.807) is 0 Å². The van der Waals surface area contributed by atoms with Crippen LogP contribution in [0.2, 0.25) is 0 Å². The molecule has 0 N–H and O–H groups in total. The Balaban J connectivity index is 1.23. The first-order chi connectivity index (χ1) is 26.3. The van der Waals surface area contributed by atoms with Crippen LogP contribution in [0.1, 0.15) is 0 Å². The van der Waals surface area contributed by atoms with Gasteiger partial charge in [0, 0.05) is 17.1 Å². The minimum absolute atomic E-state index is 1.11. The van der Waals surface area contributed by atoms with Gasteiger partial charge >= 0.3 is 0 Å². The summed E-state index contributed by atoms with van der Waals surface area (Å²) in [6.07, 6.45) is 0. The zero-order valence-corrected chi connectivity index (χ0v) is 29.2. The van der Waals surface area contributed by atoms with E-state index in [1.165, 1.54) is 76.5 Å². The number of anilines is 3. The molecule has 0 unspecified atom stereocenters. The lowest BCUT2D eigenvalue weighted by Crippen LogP contribution is -2.10. The molecule has 10 aromatic rings. The summed E-state index contributed by atoms with van der Waals surface area (Å²) < 4.78 is 0. The zero-order chi connectivity index (χ0) is 35.1. The van der Waals surface area contributed by atoms with Crippen molar-refractivity contribution in [2.24, 2.45) is 0 Å². The molecule has 1 heteroatoms. The van der Waals surface area contributed by atoms with E-state index in [0.29, 0.717) is 0 Å². The van der Waals surface area contributed by atoms with Gasteiger partial charge in [-0.05, 0) is 113 Å². The summed E-state index contributed by atoms with van der Waals surface area (Å²) in [5, 5.41) is 9.93. The molecule has 0 bridgehead atoms. The predicted octanol–water partition coefficient (Wildman–Crippen LogP) is 14.8. The molecule has 0 aliphatic carbocycles. The highest BCUT2D eigenvalue weighted by atomic mass is 15.1. The van der Waals surface area contributed by atoms with Gasteiger partial charge in [-0.1, -0.05) is 176 Å². The van der Waals surface area contributed by atoms with Crippen LogP contribution >= 0.6 is 0 Å². The Labute approximate surface area is 309 Å². The molecule has 53 heavy (non-hydrogen) atoms. The third-order valence-electron chi connectivity index (χ3n) is 10.6. The molecule has 0 spiro atoms. The fourth-order valence-electron chi connectivity index (χ4n) is 8.16. The highest BCUT2D eigenvalue weighted by Gasteiger charge is 2.20. The monoisotopic (exact) mass is 673 g/mol. The largest absolute Gasteiger partial charge is 0.310 e.